The van der Waals surface area contributed by atoms with Gasteiger partial charge in [0.05, 0.1) is 12.8 Å². The SMILES string of the molecule is COc1cc(Cl)c(C)cc1NC(=O)CN(C(C)=O)C1CCCCC1. The molecule has 5 nitrogen and oxygen atoms in total. The molecule has 2 amide bonds. The van der Waals surface area contributed by atoms with Crippen LogP contribution < -0.4 is 10.1 Å². The number of amides is 2. The lowest BCUT2D eigenvalue weighted by Gasteiger charge is -2.33. The van der Waals surface area contributed by atoms with Crippen LogP contribution in [0.15, 0.2) is 12.1 Å². The minimum absolute atomic E-state index is 0.0590. The summed E-state index contributed by atoms with van der Waals surface area (Å²) in [5, 5.41) is 3.42. The number of ether oxygens (including phenoxy) is 1. The molecule has 0 saturated heterocycles. The van der Waals surface area contributed by atoms with Gasteiger partial charge >= 0.3 is 0 Å². The quantitative estimate of drug-likeness (QED) is 0.877. The van der Waals surface area contributed by atoms with Crippen LogP contribution in [0.5, 0.6) is 5.75 Å². The van der Waals surface area contributed by atoms with E-state index in [1.807, 2.05) is 6.92 Å². The van der Waals surface area contributed by atoms with Crippen molar-refractivity contribution in [3.05, 3.63) is 22.7 Å². The fourth-order valence-electron chi connectivity index (χ4n) is 3.16. The first kappa shape index (κ1) is 18.6. The molecule has 0 heterocycles. The van der Waals surface area contributed by atoms with Gasteiger partial charge in [0.15, 0.2) is 0 Å². The van der Waals surface area contributed by atoms with Crippen LogP contribution in [0, 0.1) is 6.92 Å². The van der Waals surface area contributed by atoms with Crippen LogP contribution in [0.4, 0.5) is 5.69 Å². The van der Waals surface area contributed by atoms with E-state index in [0.717, 1.165) is 31.2 Å². The summed E-state index contributed by atoms with van der Waals surface area (Å²) in [7, 11) is 1.53. The van der Waals surface area contributed by atoms with Crippen LogP contribution in [0.3, 0.4) is 0 Å². The number of carbonyl (C=O) groups excluding carboxylic acids is 2. The molecule has 0 bridgehead atoms. The number of anilines is 1. The maximum Gasteiger partial charge on any atom is 0.244 e. The molecular weight excluding hydrogens is 328 g/mol. The second kappa shape index (κ2) is 8.38. The van der Waals surface area contributed by atoms with Gasteiger partial charge in [-0.2, -0.15) is 0 Å². The third-order valence-corrected chi connectivity index (χ3v) is 4.90. The van der Waals surface area contributed by atoms with Crippen molar-refractivity contribution in [2.45, 2.75) is 52.0 Å². The molecule has 0 radical (unpaired) electrons. The summed E-state index contributed by atoms with van der Waals surface area (Å²) in [4.78, 5) is 26.1. The lowest BCUT2D eigenvalue weighted by Crippen LogP contribution is -2.44. The molecule has 132 valence electrons. The second-order valence-corrected chi connectivity index (χ2v) is 6.70. The minimum atomic E-state index is -0.226. The maximum atomic E-state index is 12.4. The van der Waals surface area contributed by atoms with Crippen molar-refractivity contribution in [1.82, 2.24) is 4.90 Å². The third-order valence-electron chi connectivity index (χ3n) is 4.49. The number of carbonyl (C=O) groups is 2. The van der Waals surface area contributed by atoms with Gasteiger partial charge < -0.3 is 15.0 Å². The normalized spacial score (nSPS) is 15.0. The summed E-state index contributed by atoms with van der Waals surface area (Å²) in [5.41, 5.74) is 1.42. The number of nitrogens with one attached hydrogen (secondary N) is 1. The molecule has 2 rings (SSSR count). The topological polar surface area (TPSA) is 58.6 Å². The van der Waals surface area contributed by atoms with Crippen molar-refractivity contribution in [2.24, 2.45) is 0 Å². The predicted octanol–water partition coefficient (Wildman–Crippen LogP) is 3.78. The molecular formula is C18H25ClN2O3. The van der Waals surface area contributed by atoms with E-state index < -0.39 is 0 Å². The molecule has 1 aromatic carbocycles. The Bertz CT molecular complexity index is 613. The van der Waals surface area contributed by atoms with Crippen LogP contribution in [0.25, 0.3) is 0 Å². The van der Waals surface area contributed by atoms with Crippen LogP contribution in [0.1, 0.15) is 44.6 Å². The van der Waals surface area contributed by atoms with E-state index in [-0.39, 0.29) is 24.4 Å². The van der Waals surface area contributed by atoms with Crippen LogP contribution in [-0.4, -0.2) is 36.4 Å². The number of nitrogens with zero attached hydrogens (tertiary/aromatic N) is 1. The van der Waals surface area contributed by atoms with Gasteiger partial charge in [-0.1, -0.05) is 30.9 Å². The Morgan fingerprint density at radius 1 is 1.29 bits per heavy atom. The van der Waals surface area contributed by atoms with E-state index in [2.05, 4.69) is 5.32 Å². The van der Waals surface area contributed by atoms with E-state index in [9.17, 15) is 9.59 Å². The van der Waals surface area contributed by atoms with E-state index >= 15 is 0 Å². The Kier molecular flexibility index (Phi) is 6.49. The average molecular weight is 353 g/mol. The van der Waals surface area contributed by atoms with Gasteiger partial charge in [-0.25, -0.2) is 0 Å². The average Bonchev–Trinajstić information content (AvgIpc) is 2.56. The highest BCUT2D eigenvalue weighted by atomic mass is 35.5. The van der Waals surface area contributed by atoms with Crippen molar-refractivity contribution < 1.29 is 14.3 Å². The van der Waals surface area contributed by atoms with Gasteiger partial charge in [0.2, 0.25) is 11.8 Å². The number of methoxy groups -OCH3 is 1. The van der Waals surface area contributed by atoms with Gasteiger partial charge in [0, 0.05) is 24.1 Å². The summed E-state index contributed by atoms with van der Waals surface area (Å²) in [6.45, 7) is 3.45. The standard InChI is InChI=1S/C18H25ClN2O3/c1-12-9-16(17(24-3)10-15(12)19)20-18(23)11-21(13(2)22)14-7-5-4-6-8-14/h9-10,14H,4-8,11H2,1-3H3,(H,20,23). The Morgan fingerprint density at radius 3 is 2.54 bits per heavy atom. The molecule has 0 atom stereocenters. The number of hydrogen-bond donors (Lipinski definition) is 1. The minimum Gasteiger partial charge on any atom is -0.495 e. The van der Waals surface area contributed by atoms with E-state index in [0.29, 0.717) is 16.5 Å². The van der Waals surface area contributed by atoms with Crippen molar-refractivity contribution >= 4 is 29.1 Å². The summed E-state index contributed by atoms with van der Waals surface area (Å²) in [6.07, 6.45) is 5.36. The molecule has 1 aromatic rings. The zero-order valence-electron chi connectivity index (χ0n) is 14.5. The zero-order valence-corrected chi connectivity index (χ0v) is 15.3. The molecule has 1 aliphatic rings. The first-order valence-corrected chi connectivity index (χ1v) is 8.71. The first-order chi connectivity index (χ1) is 11.4. The number of aryl methyl sites for hydroxylation is 1. The Morgan fingerprint density at radius 2 is 1.96 bits per heavy atom. The Labute approximate surface area is 148 Å². The van der Waals surface area contributed by atoms with Gasteiger partial charge in [0.25, 0.3) is 0 Å². The van der Waals surface area contributed by atoms with Crippen molar-refractivity contribution in [2.75, 3.05) is 19.0 Å². The summed E-state index contributed by atoms with van der Waals surface area (Å²) < 4.78 is 5.27. The number of rotatable bonds is 5. The lowest BCUT2D eigenvalue weighted by atomic mass is 9.94. The maximum absolute atomic E-state index is 12.4. The predicted molar refractivity (Wildman–Crippen MR) is 95.6 cm³/mol. The van der Waals surface area contributed by atoms with E-state index in [4.69, 9.17) is 16.3 Å². The Hall–Kier alpha value is -1.75. The highest BCUT2D eigenvalue weighted by Gasteiger charge is 2.25. The smallest absolute Gasteiger partial charge is 0.244 e. The van der Waals surface area contributed by atoms with Crippen molar-refractivity contribution in [3.8, 4) is 5.75 Å². The molecule has 0 aliphatic heterocycles. The first-order valence-electron chi connectivity index (χ1n) is 8.33. The highest BCUT2D eigenvalue weighted by molar-refractivity contribution is 6.31. The molecule has 0 unspecified atom stereocenters. The number of benzene rings is 1. The molecule has 0 aromatic heterocycles. The zero-order chi connectivity index (χ0) is 17.7. The van der Waals surface area contributed by atoms with Gasteiger partial charge in [0.1, 0.15) is 12.3 Å². The molecule has 1 saturated carbocycles. The fraction of sp³-hybridized carbons (Fsp3) is 0.556. The third kappa shape index (κ3) is 4.63. The molecule has 1 aliphatic carbocycles. The summed E-state index contributed by atoms with van der Waals surface area (Å²) in [6, 6.07) is 3.62. The summed E-state index contributed by atoms with van der Waals surface area (Å²) in [5.74, 6) is 0.220. The van der Waals surface area contributed by atoms with E-state index in [1.54, 1.807) is 17.0 Å². The lowest BCUT2D eigenvalue weighted by molar-refractivity contribution is -0.135. The van der Waals surface area contributed by atoms with Crippen LogP contribution in [-0.2, 0) is 9.59 Å². The van der Waals surface area contributed by atoms with Crippen LogP contribution in [0.2, 0.25) is 5.02 Å². The molecule has 1 fully saturated rings. The number of hydrogen-bond acceptors (Lipinski definition) is 3. The molecule has 1 N–H and O–H groups in total. The highest BCUT2D eigenvalue weighted by Crippen LogP contribution is 2.31. The molecule has 0 spiro atoms. The fourth-order valence-corrected chi connectivity index (χ4v) is 3.32. The molecule has 24 heavy (non-hydrogen) atoms. The Balaban J connectivity index is 2.08. The summed E-state index contributed by atoms with van der Waals surface area (Å²) >= 11 is 6.08. The van der Waals surface area contributed by atoms with Gasteiger partial charge in [-0.05, 0) is 31.4 Å². The van der Waals surface area contributed by atoms with Crippen LogP contribution >= 0.6 is 11.6 Å². The van der Waals surface area contributed by atoms with Crippen molar-refractivity contribution in [3.63, 3.8) is 0 Å². The largest absolute Gasteiger partial charge is 0.495 e. The van der Waals surface area contributed by atoms with Gasteiger partial charge in [-0.3, -0.25) is 9.59 Å². The molecule has 6 heteroatoms. The monoisotopic (exact) mass is 352 g/mol. The van der Waals surface area contributed by atoms with Crippen molar-refractivity contribution in [1.29, 1.82) is 0 Å². The van der Waals surface area contributed by atoms with Gasteiger partial charge in [-0.15, -0.1) is 0 Å². The number of halogens is 1. The van der Waals surface area contributed by atoms with E-state index in [1.165, 1.54) is 20.5 Å². The second-order valence-electron chi connectivity index (χ2n) is 6.29.